The zero-order valence-corrected chi connectivity index (χ0v) is 22.9. The average molecular weight is 517 g/mol. The minimum absolute atomic E-state index is 0.0381. The lowest BCUT2D eigenvalue weighted by atomic mass is 9.80. The number of fused-ring (bicyclic) bond motifs is 1. The van der Waals surface area contributed by atoms with Gasteiger partial charge in [-0.1, -0.05) is 39.3 Å². The van der Waals surface area contributed by atoms with E-state index in [1.54, 1.807) is 17.1 Å². The highest BCUT2D eigenvalue weighted by Gasteiger charge is 2.34. The Balaban J connectivity index is 1.30. The van der Waals surface area contributed by atoms with Crippen LogP contribution >= 0.6 is 0 Å². The van der Waals surface area contributed by atoms with Crippen LogP contribution in [0, 0.1) is 11.3 Å². The first-order chi connectivity index (χ1) is 18.3. The van der Waals surface area contributed by atoms with Crippen LogP contribution in [0.1, 0.15) is 69.9 Å². The number of aliphatic hydroxyl groups is 1. The Morgan fingerprint density at radius 1 is 1.18 bits per heavy atom. The van der Waals surface area contributed by atoms with Gasteiger partial charge in [-0.05, 0) is 66.2 Å². The van der Waals surface area contributed by atoms with Crippen LogP contribution in [-0.4, -0.2) is 55.4 Å². The van der Waals surface area contributed by atoms with Crippen molar-refractivity contribution in [3.63, 3.8) is 0 Å². The first kappa shape index (κ1) is 26.4. The van der Waals surface area contributed by atoms with E-state index < -0.39 is 0 Å². The number of aryl methyl sites for hydroxylation is 1. The summed E-state index contributed by atoms with van der Waals surface area (Å²) in [6.07, 6.45) is 11.4. The van der Waals surface area contributed by atoms with Crippen LogP contribution in [0.15, 0.2) is 42.9 Å². The van der Waals surface area contributed by atoms with Crippen LogP contribution in [0.3, 0.4) is 0 Å². The van der Waals surface area contributed by atoms with Crippen LogP contribution in [0.4, 0.5) is 11.6 Å². The van der Waals surface area contributed by atoms with Crippen molar-refractivity contribution in [3.8, 4) is 11.3 Å². The Hall–Kier alpha value is -3.26. The summed E-state index contributed by atoms with van der Waals surface area (Å²) >= 11 is 0. The van der Waals surface area contributed by atoms with Crippen molar-refractivity contribution in [1.82, 2.24) is 24.6 Å². The molecule has 202 valence electrons. The number of anilines is 2. The van der Waals surface area contributed by atoms with Gasteiger partial charge in [0.1, 0.15) is 0 Å². The third kappa shape index (κ3) is 6.07. The molecule has 3 heterocycles. The van der Waals surface area contributed by atoms with Gasteiger partial charge in [0, 0.05) is 37.5 Å². The van der Waals surface area contributed by atoms with E-state index in [0.29, 0.717) is 30.7 Å². The standard InChI is InChI=1S/C30H40N6O2/c1-30(2,3)24-11-13-35(19-24)28(38)17-22-7-5-4-6-21-16-23(8-9-26(21)22)27-10-12-31-29(34-27)33-25-18-32-36(20-25)14-15-37/h8-10,12,16,18,20,22,24,37H,4-7,11,13-15,17,19H2,1-3H3,(H,31,33,34). The molecule has 38 heavy (non-hydrogen) atoms. The second kappa shape index (κ2) is 11.2. The Labute approximate surface area is 225 Å². The molecule has 2 atom stereocenters. The Bertz CT molecular complexity index is 1260. The zero-order valence-electron chi connectivity index (χ0n) is 22.9. The molecule has 0 saturated carbocycles. The number of likely N-dealkylation sites (tertiary alicyclic amines) is 1. The topological polar surface area (TPSA) is 96.2 Å². The van der Waals surface area contributed by atoms with Crippen LogP contribution in [0.5, 0.6) is 0 Å². The third-order valence-corrected chi connectivity index (χ3v) is 8.19. The van der Waals surface area contributed by atoms with Gasteiger partial charge in [-0.3, -0.25) is 9.48 Å². The van der Waals surface area contributed by atoms with Crippen molar-refractivity contribution in [2.24, 2.45) is 11.3 Å². The van der Waals surface area contributed by atoms with Gasteiger partial charge in [0.2, 0.25) is 11.9 Å². The van der Waals surface area contributed by atoms with Gasteiger partial charge in [-0.15, -0.1) is 0 Å². The minimum atomic E-state index is 0.0381. The molecule has 1 fully saturated rings. The Morgan fingerprint density at radius 2 is 2.05 bits per heavy atom. The molecular formula is C30H40N6O2. The van der Waals surface area contributed by atoms with E-state index in [2.05, 4.69) is 59.3 Å². The molecule has 8 heteroatoms. The molecule has 0 bridgehead atoms. The summed E-state index contributed by atoms with van der Waals surface area (Å²) in [5.74, 6) is 1.68. The van der Waals surface area contributed by atoms with E-state index in [4.69, 9.17) is 10.1 Å². The summed E-state index contributed by atoms with van der Waals surface area (Å²) < 4.78 is 1.67. The van der Waals surface area contributed by atoms with Crippen molar-refractivity contribution in [2.75, 3.05) is 25.0 Å². The smallest absolute Gasteiger partial charge is 0.227 e. The Kier molecular flexibility index (Phi) is 7.79. The molecule has 2 unspecified atom stereocenters. The first-order valence-corrected chi connectivity index (χ1v) is 13.9. The fourth-order valence-electron chi connectivity index (χ4n) is 5.85. The number of nitrogens with one attached hydrogen (secondary N) is 1. The number of hydrogen-bond acceptors (Lipinski definition) is 6. The quantitative estimate of drug-likeness (QED) is 0.421. The molecule has 2 aliphatic rings. The van der Waals surface area contributed by atoms with Crippen LogP contribution in [-0.2, 0) is 17.8 Å². The van der Waals surface area contributed by atoms with Gasteiger partial charge >= 0.3 is 0 Å². The predicted octanol–water partition coefficient (Wildman–Crippen LogP) is 5.17. The number of carbonyl (C=O) groups is 1. The number of benzene rings is 1. The summed E-state index contributed by atoms with van der Waals surface area (Å²) in [5, 5.41) is 16.5. The van der Waals surface area contributed by atoms with Gasteiger partial charge in [0.25, 0.3) is 0 Å². The highest BCUT2D eigenvalue weighted by atomic mass is 16.3. The van der Waals surface area contributed by atoms with Gasteiger partial charge in [-0.25, -0.2) is 9.97 Å². The van der Waals surface area contributed by atoms with Crippen LogP contribution < -0.4 is 5.32 Å². The number of hydrogen-bond donors (Lipinski definition) is 2. The highest BCUT2D eigenvalue weighted by molar-refractivity contribution is 5.77. The van der Waals surface area contributed by atoms with E-state index in [-0.39, 0.29) is 17.9 Å². The molecule has 1 saturated heterocycles. The number of aromatic nitrogens is 4. The van der Waals surface area contributed by atoms with E-state index in [1.807, 2.05) is 12.3 Å². The maximum atomic E-state index is 13.3. The van der Waals surface area contributed by atoms with Gasteiger partial charge in [0.15, 0.2) is 0 Å². The van der Waals surface area contributed by atoms with E-state index in [1.165, 1.54) is 11.1 Å². The van der Waals surface area contributed by atoms with Gasteiger partial charge < -0.3 is 15.3 Å². The predicted molar refractivity (Wildman–Crippen MR) is 149 cm³/mol. The molecular weight excluding hydrogens is 476 g/mol. The lowest BCUT2D eigenvalue weighted by Gasteiger charge is -2.27. The molecule has 1 aliphatic heterocycles. The lowest BCUT2D eigenvalue weighted by Crippen LogP contribution is -2.32. The maximum Gasteiger partial charge on any atom is 0.227 e. The first-order valence-electron chi connectivity index (χ1n) is 13.9. The van der Waals surface area contributed by atoms with E-state index in [9.17, 15) is 4.79 Å². The molecule has 3 aromatic rings. The SMILES string of the molecule is CC(C)(C)C1CCN(C(=O)CC2CCCCc3cc(-c4ccnc(Nc5cnn(CCO)c5)n4)ccc32)C1. The molecule has 1 aliphatic carbocycles. The van der Waals surface area contributed by atoms with Crippen LogP contribution in [0.2, 0.25) is 0 Å². The number of aliphatic hydroxyl groups excluding tert-OH is 1. The van der Waals surface area contributed by atoms with Gasteiger partial charge in [-0.2, -0.15) is 5.10 Å². The number of carbonyl (C=O) groups excluding carboxylic acids is 1. The normalized spacial score (nSPS) is 19.7. The van der Waals surface area contributed by atoms with Gasteiger partial charge in [0.05, 0.1) is 30.7 Å². The minimum Gasteiger partial charge on any atom is -0.394 e. The molecule has 0 radical (unpaired) electrons. The fraction of sp³-hybridized carbons (Fsp3) is 0.533. The third-order valence-electron chi connectivity index (χ3n) is 8.19. The zero-order chi connectivity index (χ0) is 26.7. The maximum absolute atomic E-state index is 13.3. The number of amides is 1. The van der Waals surface area contributed by atoms with Crippen molar-refractivity contribution in [3.05, 3.63) is 54.0 Å². The fourth-order valence-corrected chi connectivity index (χ4v) is 5.85. The summed E-state index contributed by atoms with van der Waals surface area (Å²) in [6.45, 7) is 9.13. The summed E-state index contributed by atoms with van der Waals surface area (Å²) in [7, 11) is 0. The highest BCUT2D eigenvalue weighted by Crippen LogP contribution is 2.38. The summed E-state index contributed by atoms with van der Waals surface area (Å²) in [5.41, 5.74) is 5.61. The van der Waals surface area contributed by atoms with Crippen molar-refractivity contribution >= 4 is 17.5 Å². The van der Waals surface area contributed by atoms with E-state index >= 15 is 0 Å². The largest absolute Gasteiger partial charge is 0.394 e. The van der Waals surface area contributed by atoms with Crippen molar-refractivity contribution in [2.45, 2.75) is 71.8 Å². The van der Waals surface area contributed by atoms with Crippen molar-refractivity contribution in [1.29, 1.82) is 0 Å². The average Bonchev–Trinajstić information content (AvgIpc) is 3.52. The number of nitrogens with zero attached hydrogens (tertiary/aromatic N) is 5. The monoisotopic (exact) mass is 516 g/mol. The Morgan fingerprint density at radius 3 is 2.84 bits per heavy atom. The number of rotatable bonds is 7. The molecule has 2 aromatic heterocycles. The molecule has 1 aromatic carbocycles. The molecule has 8 nitrogen and oxygen atoms in total. The lowest BCUT2D eigenvalue weighted by molar-refractivity contribution is -0.130. The molecule has 5 rings (SSSR count). The van der Waals surface area contributed by atoms with Crippen molar-refractivity contribution < 1.29 is 9.90 Å². The molecule has 1 amide bonds. The summed E-state index contributed by atoms with van der Waals surface area (Å²) in [6, 6.07) is 8.55. The molecule has 2 N–H and O–H groups in total. The van der Waals surface area contributed by atoms with E-state index in [0.717, 1.165) is 62.1 Å². The summed E-state index contributed by atoms with van der Waals surface area (Å²) in [4.78, 5) is 24.5. The van der Waals surface area contributed by atoms with Crippen LogP contribution in [0.25, 0.3) is 11.3 Å². The second-order valence-electron chi connectivity index (χ2n) is 11.9. The molecule has 0 spiro atoms. The second-order valence-corrected chi connectivity index (χ2v) is 11.9.